The summed E-state index contributed by atoms with van der Waals surface area (Å²) in [6, 6.07) is 12.6. The smallest absolute Gasteiger partial charge is 0.296 e. The minimum absolute atomic E-state index is 0.0661. The highest BCUT2D eigenvalue weighted by molar-refractivity contribution is 6.46. The Bertz CT molecular complexity index is 1120. The summed E-state index contributed by atoms with van der Waals surface area (Å²) < 4.78 is 16.3. The number of methoxy groups -OCH3 is 2. The van der Waals surface area contributed by atoms with Gasteiger partial charge in [0.1, 0.15) is 34.6 Å². The molecule has 4 rings (SSSR count). The number of Topliss-reactive ketones (excluding diaryl/α,β-unsaturated/α-hetero) is 1. The van der Waals surface area contributed by atoms with Crippen molar-refractivity contribution in [2.45, 2.75) is 12.6 Å². The van der Waals surface area contributed by atoms with Crippen LogP contribution < -0.4 is 9.47 Å². The van der Waals surface area contributed by atoms with Crippen molar-refractivity contribution < 1.29 is 28.6 Å². The first-order valence-electron chi connectivity index (χ1n) is 9.50. The molecule has 1 aromatic carbocycles. The Hall–Kier alpha value is -4.07. The van der Waals surface area contributed by atoms with E-state index in [1.54, 1.807) is 54.7 Å². The van der Waals surface area contributed by atoms with Gasteiger partial charge in [-0.15, -0.1) is 0 Å². The van der Waals surface area contributed by atoms with E-state index in [-0.39, 0.29) is 17.7 Å². The van der Waals surface area contributed by atoms with Crippen molar-refractivity contribution in [1.82, 2.24) is 9.88 Å². The van der Waals surface area contributed by atoms with E-state index < -0.39 is 23.5 Å². The Morgan fingerprint density at radius 1 is 1.06 bits per heavy atom. The van der Waals surface area contributed by atoms with Gasteiger partial charge in [0.2, 0.25) is 0 Å². The first-order valence-corrected chi connectivity index (χ1v) is 9.50. The summed E-state index contributed by atoms with van der Waals surface area (Å²) in [6.45, 7) is 0.0661. The van der Waals surface area contributed by atoms with Crippen LogP contribution in [0.3, 0.4) is 0 Å². The number of amides is 1. The lowest BCUT2D eigenvalue weighted by Crippen LogP contribution is -2.29. The van der Waals surface area contributed by atoms with Gasteiger partial charge in [-0.2, -0.15) is 0 Å². The van der Waals surface area contributed by atoms with Crippen molar-refractivity contribution >= 4 is 17.4 Å². The number of aliphatic hydroxyl groups excluding tert-OH is 1. The number of hydrogen-bond acceptors (Lipinski definition) is 7. The van der Waals surface area contributed by atoms with Gasteiger partial charge in [0.05, 0.1) is 38.3 Å². The van der Waals surface area contributed by atoms with Crippen LogP contribution in [0.5, 0.6) is 11.5 Å². The minimum Gasteiger partial charge on any atom is -0.506 e. The summed E-state index contributed by atoms with van der Waals surface area (Å²) in [5.41, 5.74) is 0.661. The standard InChI is InChI=1S/C23H20N2O6/c1-29-15-8-5-9-16(30-2)18(15)21(26)19-20(17-10-6-12-31-17)25(23(28)22(19)27)13-14-7-3-4-11-24-14/h3-12,20,26H,13H2,1-2H3/b21-19+. The maximum Gasteiger partial charge on any atom is 0.296 e. The van der Waals surface area contributed by atoms with Crippen LogP contribution in [0.25, 0.3) is 5.76 Å². The second kappa shape index (κ2) is 8.35. The fraction of sp³-hybridized carbons (Fsp3) is 0.174. The highest BCUT2D eigenvalue weighted by Gasteiger charge is 2.48. The van der Waals surface area contributed by atoms with Crippen molar-refractivity contribution in [2.24, 2.45) is 0 Å². The van der Waals surface area contributed by atoms with Crippen molar-refractivity contribution in [2.75, 3.05) is 14.2 Å². The predicted molar refractivity (Wildman–Crippen MR) is 110 cm³/mol. The number of likely N-dealkylation sites (tertiary alicyclic amines) is 1. The Morgan fingerprint density at radius 3 is 2.39 bits per heavy atom. The molecule has 1 unspecified atom stereocenters. The third-order valence-electron chi connectivity index (χ3n) is 5.08. The van der Waals surface area contributed by atoms with E-state index >= 15 is 0 Å². The summed E-state index contributed by atoms with van der Waals surface area (Å²) in [4.78, 5) is 31.6. The summed E-state index contributed by atoms with van der Waals surface area (Å²) in [5.74, 6) is -1.06. The normalized spacial score (nSPS) is 17.7. The molecule has 0 radical (unpaired) electrons. The highest BCUT2D eigenvalue weighted by atomic mass is 16.5. The SMILES string of the molecule is COc1cccc(OC)c1/C(O)=C1\C(=O)C(=O)N(Cc2ccccn2)C1c1ccco1. The molecule has 8 heteroatoms. The molecular formula is C23H20N2O6. The molecule has 0 aliphatic carbocycles. The van der Waals surface area contributed by atoms with Crippen LogP contribution in [0.4, 0.5) is 0 Å². The van der Waals surface area contributed by atoms with Crippen molar-refractivity contribution in [1.29, 1.82) is 0 Å². The Kier molecular flexibility index (Phi) is 5.44. The topological polar surface area (TPSA) is 102 Å². The van der Waals surface area contributed by atoms with Gasteiger partial charge in [-0.3, -0.25) is 14.6 Å². The minimum atomic E-state index is -0.938. The third-order valence-corrected chi connectivity index (χ3v) is 5.08. The molecule has 1 saturated heterocycles. The Labute approximate surface area is 178 Å². The zero-order valence-corrected chi connectivity index (χ0v) is 16.9. The monoisotopic (exact) mass is 420 g/mol. The second-order valence-corrected chi connectivity index (χ2v) is 6.80. The van der Waals surface area contributed by atoms with Crippen molar-refractivity contribution in [3.05, 3.63) is 83.6 Å². The summed E-state index contributed by atoms with van der Waals surface area (Å²) >= 11 is 0. The van der Waals surface area contributed by atoms with Gasteiger partial charge < -0.3 is 23.9 Å². The van der Waals surface area contributed by atoms with Crippen LogP contribution in [0.15, 0.2) is 71.0 Å². The van der Waals surface area contributed by atoms with Gasteiger partial charge in [-0.25, -0.2) is 0 Å². The van der Waals surface area contributed by atoms with Gasteiger partial charge >= 0.3 is 0 Å². The molecule has 1 amide bonds. The number of nitrogens with zero attached hydrogens (tertiary/aromatic N) is 2. The average molecular weight is 420 g/mol. The maximum atomic E-state index is 13.1. The number of hydrogen-bond donors (Lipinski definition) is 1. The molecule has 1 N–H and O–H groups in total. The number of carbonyl (C=O) groups is 2. The molecule has 3 heterocycles. The molecule has 1 atom stereocenters. The molecule has 0 bridgehead atoms. The van der Waals surface area contributed by atoms with Crippen LogP contribution >= 0.6 is 0 Å². The van der Waals surface area contributed by atoms with Crippen molar-refractivity contribution in [3.8, 4) is 11.5 Å². The summed E-state index contributed by atoms with van der Waals surface area (Å²) in [7, 11) is 2.88. The maximum absolute atomic E-state index is 13.1. The van der Waals surface area contributed by atoms with Gasteiger partial charge in [0.15, 0.2) is 0 Å². The predicted octanol–water partition coefficient (Wildman–Crippen LogP) is 3.31. The molecule has 1 aliphatic heterocycles. The lowest BCUT2D eigenvalue weighted by atomic mass is 9.98. The number of pyridine rings is 1. The number of furan rings is 1. The highest BCUT2D eigenvalue weighted by Crippen LogP contribution is 2.43. The molecular weight excluding hydrogens is 400 g/mol. The van der Waals surface area contributed by atoms with E-state index in [9.17, 15) is 14.7 Å². The number of benzene rings is 1. The number of aromatic nitrogens is 1. The van der Waals surface area contributed by atoms with E-state index in [4.69, 9.17) is 13.9 Å². The fourth-order valence-corrected chi connectivity index (χ4v) is 3.67. The number of rotatable bonds is 6. The van der Waals surface area contributed by atoms with Gasteiger partial charge in [0.25, 0.3) is 11.7 Å². The first-order chi connectivity index (χ1) is 15.1. The second-order valence-electron chi connectivity index (χ2n) is 6.80. The lowest BCUT2D eigenvalue weighted by Gasteiger charge is -2.23. The number of ether oxygens (including phenoxy) is 2. The van der Waals surface area contributed by atoms with Crippen LogP contribution in [-0.4, -0.2) is 40.9 Å². The van der Waals surface area contributed by atoms with E-state index in [2.05, 4.69) is 4.98 Å². The van der Waals surface area contributed by atoms with E-state index in [1.165, 1.54) is 25.4 Å². The lowest BCUT2D eigenvalue weighted by molar-refractivity contribution is -0.140. The zero-order chi connectivity index (χ0) is 22.0. The molecule has 3 aromatic rings. The fourth-order valence-electron chi connectivity index (χ4n) is 3.67. The molecule has 0 spiro atoms. The zero-order valence-electron chi connectivity index (χ0n) is 16.9. The number of aliphatic hydroxyl groups is 1. The third kappa shape index (κ3) is 3.52. The molecule has 0 saturated carbocycles. The van der Waals surface area contributed by atoms with Gasteiger partial charge in [0, 0.05) is 6.20 Å². The summed E-state index contributed by atoms with van der Waals surface area (Å²) in [6.07, 6.45) is 3.05. The van der Waals surface area contributed by atoms with Crippen LogP contribution in [0.2, 0.25) is 0 Å². The summed E-state index contributed by atoms with van der Waals surface area (Å²) in [5, 5.41) is 11.2. The molecule has 2 aromatic heterocycles. The van der Waals surface area contributed by atoms with Gasteiger partial charge in [-0.05, 0) is 36.4 Å². The Balaban J connectivity index is 1.90. The van der Waals surface area contributed by atoms with E-state index in [0.717, 1.165) is 0 Å². The van der Waals surface area contributed by atoms with Crippen LogP contribution in [0, 0.1) is 0 Å². The Morgan fingerprint density at radius 2 is 1.81 bits per heavy atom. The van der Waals surface area contributed by atoms with E-state index in [0.29, 0.717) is 23.0 Å². The molecule has 8 nitrogen and oxygen atoms in total. The number of carbonyl (C=O) groups excluding carboxylic acids is 2. The molecule has 1 aliphatic rings. The van der Waals surface area contributed by atoms with Crippen LogP contribution in [-0.2, 0) is 16.1 Å². The quantitative estimate of drug-likeness (QED) is 0.371. The van der Waals surface area contributed by atoms with E-state index in [1.807, 2.05) is 0 Å². The largest absolute Gasteiger partial charge is 0.506 e. The molecule has 158 valence electrons. The van der Waals surface area contributed by atoms with Crippen molar-refractivity contribution in [3.63, 3.8) is 0 Å². The van der Waals surface area contributed by atoms with Gasteiger partial charge in [-0.1, -0.05) is 12.1 Å². The number of ketones is 1. The molecule has 31 heavy (non-hydrogen) atoms. The van der Waals surface area contributed by atoms with Crippen LogP contribution in [0.1, 0.15) is 23.1 Å². The molecule has 1 fully saturated rings. The first kappa shape index (κ1) is 20.2. The average Bonchev–Trinajstić information content (AvgIpc) is 3.41.